The van der Waals surface area contributed by atoms with Crippen molar-refractivity contribution in [3.05, 3.63) is 205 Å². The molecule has 1 fully saturated rings. The van der Waals surface area contributed by atoms with E-state index in [1.165, 1.54) is 0 Å². The number of hydrogen-bond donors (Lipinski definition) is 2. The van der Waals surface area contributed by atoms with Crippen molar-refractivity contribution in [3.8, 4) is 0 Å². The monoisotopic (exact) mass is 674 g/mol. The molecule has 0 unspecified atom stereocenters. The van der Waals surface area contributed by atoms with Crippen molar-refractivity contribution in [2.24, 2.45) is 0 Å². The second kappa shape index (κ2) is 13.5. The molecule has 4 heteroatoms. The molecule has 0 radical (unpaired) electrons. The van der Waals surface area contributed by atoms with Crippen LogP contribution in [-0.2, 0) is 0 Å². The molecule has 0 aliphatic heterocycles. The molecule has 0 heterocycles. The minimum Gasteiger partial charge on any atom is -0.392 e. The Bertz CT molecular complexity index is 2210. The second-order valence-electron chi connectivity index (χ2n) is 13.6. The molecule has 9 rings (SSSR count). The van der Waals surface area contributed by atoms with E-state index in [0.29, 0.717) is 0 Å². The summed E-state index contributed by atoms with van der Waals surface area (Å²) < 4.78 is 0. The van der Waals surface area contributed by atoms with Crippen molar-refractivity contribution in [2.75, 3.05) is 9.80 Å². The summed E-state index contributed by atoms with van der Waals surface area (Å²) in [5.74, 6) is -0.717. The number of para-hydroxylation sites is 4. The Morgan fingerprint density at radius 1 is 0.288 bits per heavy atom. The van der Waals surface area contributed by atoms with Gasteiger partial charge in [-0.2, -0.15) is 0 Å². The van der Waals surface area contributed by atoms with E-state index in [1.54, 1.807) is 0 Å². The molecule has 8 aromatic carbocycles. The van der Waals surface area contributed by atoms with Gasteiger partial charge in [0.2, 0.25) is 0 Å². The molecule has 0 saturated heterocycles. The van der Waals surface area contributed by atoms with Gasteiger partial charge in [-0.1, -0.05) is 121 Å². The number of nitrogens with zero attached hydrogens (tertiary/aromatic N) is 2. The van der Waals surface area contributed by atoms with Crippen LogP contribution in [0.25, 0.3) is 21.5 Å². The summed E-state index contributed by atoms with van der Waals surface area (Å²) in [6, 6.07) is 67.1. The Morgan fingerprint density at radius 3 is 0.904 bits per heavy atom. The van der Waals surface area contributed by atoms with Gasteiger partial charge in [0.1, 0.15) is 0 Å². The van der Waals surface area contributed by atoms with Crippen LogP contribution < -0.4 is 9.80 Å². The summed E-state index contributed by atoms with van der Waals surface area (Å²) in [5, 5.41) is 27.5. The zero-order chi connectivity index (χ0) is 35.0. The molecule has 8 aromatic rings. The molecule has 52 heavy (non-hydrogen) atoms. The molecule has 1 aliphatic rings. The Morgan fingerprint density at radius 2 is 0.577 bits per heavy atom. The summed E-state index contributed by atoms with van der Waals surface area (Å²) in [6.45, 7) is 0. The van der Waals surface area contributed by atoms with Crippen LogP contribution in [0.2, 0.25) is 0 Å². The van der Waals surface area contributed by atoms with E-state index in [-0.39, 0.29) is 11.8 Å². The van der Waals surface area contributed by atoms with E-state index in [4.69, 9.17) is 0 Å². The lowest BCUT2D eigenvalue weighted by Crippen LogP contribution is -2.51. The maximum atomic E-state index is 11.6. The third kappa shape index (κ3) is 5.78. The van der Waals surface area contributed by atoms with Crippen LogP contribution in [0.1, 0.15) is 23.0 Å². The standard InChI is InChI=1S/C48H38N2O2/c51-47-45(37-23-21-35-31-43(27-25-33(35)29-37)49(39-13-5-1-6-14-39)40-15-7-2-8-16-40)48(52)46(47)38-24-22-36-32-44(28-26-34(36)30-38)50(41-17-9-3-10-18-41)42-19-11-4-12-20-42/h1-32,45-48,51-52H. The lowest BCUT2D eigenvalue weighted by molar-refractivity contribution is -0.0784. The highest BCUT2D eigenvalue weighted by atomic mass is 16.3. The number of aliphatic hydroxyl groups excluding tert-OH is 2. The number of benzene rings is 8. The lowest BCUT2D eigenvalue weighted by atomic mass is 9.63. The van der Waals surface area contributed by atoms with Gasteiger partial charge in [0.15, 0.2) is 0 Å². The average molecular weight is 675 g/mol. The third-order valence-corrected chi connectivity index (χ3v) is 10.5. The van der Waals surface area contributed by atoms with Crippen molar-refractivity contribution in [2.45, 2.75) is 24.0 Å². The van der Waals surface area contributed by atoms with Crippen molar-refractivity contribution in [1.82, 2.24) is 0 Å². The molecule has 0 spiro atoms. The van der Waals surface area contributed by atoms with Gasteiger partial charge in [0, 0.05) is 46.0 Å². The summed E-state index contributed by atoms with van der Waals surface area (Å²) in [7, 11) is 0. The summed E-state index contributed by atoms with van der Waals surface area (Å²) in [6.07, 6.45) is -1.39. The first-order chi connectivity index (χ1) is 25.6. The Kier molecular flexibility index (Phi) is 8.24. The van der Waals surface area contributed by atoms with Crippen LogP contribution in [0.5, 0.6) is 0 Å². The van der Waals surface area contributed by atoms with E-state index in [2.05, 4.69) is 180 Å². The highest BCUT2D eigenvalue weighted by molar-refractivity contribution is 5.91. The minimum atomic E-state index is -0.693. The van der Waals surface area contributed by atoms with Crippen LogP contribution in [0.4, 0.5) is 34.1 Å². The molecule has 4 nitrogen and oxygen atoms in total. The van der Waals surface area contributed by atoms with E-state index in [9.17, 15) is 10.2 Å². The predicted molar refractivity (Wildman–Crippen MR) is 215 cm³/mol. The molecule has 1 aliphatic carbocycles. The Labute approximate surface area is 304 Å². The molecule has 2 N–H and O–H groups in total. The van der Waals surface area contributed by atoms with E-state index >= 15 is 0 Å². The van der Waals surface area contributed by atoms with Gasteiger partial charge < -0.3 is 20.0 Å². The molecular weight excluding hydrogens is 637 g/mol. The number of aliphatic hydroxyl groups is 2. The van der Waals surface area contributed by atoms with Crippen molar-refractivity contribution in [1.29, 1.82) is 0 Å². The average Bonchev–Trinajstić information content (AvgIpc) is 3.20. The van der Waals surface area contributed by atoms with E-state index < -0.39 is 12.2 Å². The zero-order valence-corrected chi connectivity index (χ0v) is 28.6. The van der Waals surface area contributed by atoms with Gasteiger partial charge in [0.25, 0.3) is 0 Å². The van der Waals surface area contributed by atoms with E-state index in [1.807, 2.05) is 24.3 Å². The molecule has 0 aromatic heterocycles. The van der Waals surface area contributed by atoms with Gasteiger partial charge in [-0.3, -0.25) is 0 Å². The van der Waals surface area contributed by atoms with Crippen LogP contribution in [-0.4, -0.2) is 22.4 Å². The van der Waals surface area contributed by atoms with Crippen molar-refractivity contribution >= 4 is 55.7 Å². The summed E-state index contributed by atoms with van der Waals surface area (Å²) >= 11 is 0. The van der Waals surface area contributed by atoms with Crippen LogP contribution in [0.15, 0.2) is 194 Å². The quantitative estimate of drug-likeness (QED) is 0.168. The fourth-order valence-electron chi connectivity index (χ4n) is 7.89. The number of rotatable bonds is 8. The van der Waals surface area contributed by atoms with Gasteiger partial charge in [0.05, 0.1) is 12.2 Å². The van der Waals surface area contributed by atoms with Gasteiger partial charge in [-0.15, -0.1) is 0 Å². The highest BCUT2D eigenvalue weighted by Crippen LogP contribution is 2.49. The van der Waals surface area contributed by atoms with Crippen molar-refractivity contribution < 1.29 is 10.2 Å². The Hall–Kier alpha value is -6.20. The minimum absolute atomic E-state index is 0.359. The first-order valence-corrected chi connectivity index (χ1v) is 17.9. The smallest absolute Gasteiger partial charge is 0.0727 e. The number of fused-ring (bicyclic) bond motifs is 2. The summed E-state index contributed by atoms with van der Waals surface area (Å²) in [4.78, 5) is 4.51. The maximum Gasteiger partial charge on any atom is 0.0727 e. The van der Waals surface area contributed by atoms with Crippen LogP contribution in [0.3, 0.4) is 0 Å². The maximum absolute atomic E-state index is 11.6. The normalized spacial score (nSPS) is 18.2. The van der Waals surface area contributed by atoms with Crippen LogP contribution in [0, 0.1) is 0 Å². The first-order valence-electron chi connectivity index (χ1n) is 17.9. The first kappa shape index (κ1) is 31.8. The molecular formula is C48H38N2O2. The van der Waals surface area contributed by atoms with Gasteiger partial charge in [-0.25, -0.2) is 0 Å². The molecule has 252 valence electrons. The van der Waals surface area contributed by atoms with Gasteiger partial charge >= 0.3 is 0 Å². The lowest BCUT2D eigenvalue weighted by Gasteiger charge is -2.47. The molecule has 1 saturated carbocycles. The Balaban J connectivity index is 0.971. The van der Waals surface area contributed by atoms with Gasteiger partial charge in [-0.05, 0) is 105 Å². The fraction of sp³-hybridized carbons (Fsp3) is 0.0833. The highest BCUT2D eigenvalue weighted by Gasteiger charge is 2.50. The summed E-state index contributed by atoms with van der Waals surface area (Å²) in [5.41, 5.74) is 8.40. The second-order valence-corrected chi connectivity index (χ2v) is 13.6. The topological polar surface area (TPSA) is 46.9 Å². The SMILES string of the molecule is OC1C(c2ccc3cc(N(c4ccccc4)c4ccccc4)ccc3c2)C(O)C1c1ccc2cc(N(c3ccccc3)c3ccccc3)ccc2c1. The molecule has 0 amide bonds. The largest absolute Gasteiger partial charge is 0.392 e. The van der Waals surface area contributed by atoms with E-state index in [0.717, 1.165) is 66.8 Å². The number of anilines is 6. The van der Waals surface area contributed by atoms with Crippen LogP contribution >= 0.6 is 0 Å². The fourth-order valence-corrected chi connectivity index (χ4v) is 7.89. The number of hydrogen-bond acceptors (Lipinski definition) is 4. The third-order valence-electron chi connectivity index (χ3n) is 10.5. The zero-order valence-electron chi connectivity index (χ0n) is 28.6. The predicted octanol–water partition coefficient (Wildman–Crippen LogP) is 11.5. The molecule has 0 bridgehead atoms. The molecule has 0 atom stereocenters. The van der Waals surface area contributed by atoms with Crippen molar-refractivity contribution in [3.63, 3.8) is 0 Å².